The van der Waals surface area contributed by atoms with E-state index in [-0.39, 0.29) is 5.91 Å². The van der Waals surface area contributed by atoms with Crippen molar-refractivity contribution in [2.75, 3.05) is 17.6 Å². The first-order valence-electron chi connectivity index (χ1n) is 9.79. The van der Waals surface area contributed by atoms with E-state index in [1.807, 2.05) is 18.2 Å². The van der Waals surface area contributed by atoms with Crippen LogP contribution in [0.3, 0.4) is 0 Å². The molecule has 1 aliphatic carbocycles. The van der Waals surface area contributed by atoms with E-state index < -0.39 is 0 Å². The Morgan fingerprint density at radius 1 is 1.22 bits per heavy atom. The number of nitrogens with zero attached hydrogens (tertiary/aromatic N) is 3. The van der Waals surface area contributed by atoms with Crippen molar-refractivity contribution in [2.24, 2.45) is 5.92 Å². The molecule has 1 aromatic heterocycles. The number of piperidine rings is 1. The van der Waals surface area contributed by atoms with E-state index in [2.05, 4.69) is 33.4 Å². The average molecular weight is 403 g/mol. The number of aryl methyl sites for hydroxylation is 1. The number of carbonyl (C=O) groups excluding carboxylic acids is 1. The first-order valence-corrected chi connectivity index (χ1v) is 11.6. The lowest BCUT2D eigenvalue weighted by molar-refractivity contribution is -0.134. The maximum atomic E-state index is 12.8. The molecule has 0 unspecified atom stereocenters. The van der Waals surface area contributed by atoms with Crippen LogP contribution in [0.1, 0.15) is 44.1 Å². The highest BCUT2D eigenvalue weighted by Gasteiger charge is 2.35. The molecule has 2 atom stereocenters. The highest BCUT2D eigenvalue weighted by atomic mass is 32.2. The van der Waals surface area contributed by atoms with E-state index in [9.17, 15) is 4.79 Å². The van der Waals surface area contributed by atoms with Gasteiger partial charge >= 0.3 is 0 Å². The number of fused-ring (bicyclic) bond motifs is 1. The van der Waals surface area contributed by atoms with Gasteiger partial charge in [-0.05, 0) is 50.2 Å². The number of hydrogen-bond acceptors (Lipinski definition) is 6. The molecule has 1 amide bonds. The van der Waals surface area contributed by atoms with Crippen molar-refractivity contribution >= 4 is 39.8 Å². The van der Waals surface area contributed by atoms with Crippen LogP contribution in [-0.2, 0) is 4.79 Å². The maximum Gasteiger partial charge on any atom is 0.233 e. The molecule has 2 fully saturated rings. The molecule has 0 radical (unpaired) electrons. The second-order valence-corrected chi connectivity index (χ2v) is 9.64. The van der Waals surface area contributed by atoms with Gasteiger partial charge in [-0.15, -0.1) is 10.2 Å². The third-order valence-corrected chi connectivity index (χ3v) is 7.63. The van der Waals surface area contributed by atoms with Gasteiger partial charge in [0, 0.05) is 18.3 Å². The highest BCUT2D eigenvalue weighted by molar-refractivity contribution is 8.01. The summed E-state index contributed by atoms with van der Waals surface area (Å²) in [6, 6.07) is 8.60. The Kier molecular flexibility index (Phi) is 5.98. The van der Waals surface area contributed by atoms with E-state index in [0.717, 1.165) is 34.0 Å². The molecule has 0 spiro atoms. The summed E-state index contributed by atoms with van der Waals surface area (Å²) in [5.41, 5.74) is 2.21. The van der Waals surface area contributed by atoms with Gasteiger partial charge in [-0.2, -0.15) is 0 Å². The fourth-order valence-electron chi connectivity index (χ4n) is 4.29. The van der Waals surface area contributed by atoms with Gasteiger partial charge in [0.2, 0.25) is 11.0 Å². The van der Waals surface area contributed by atoms with Gasteiger partial charge in [-0.3, -0.25) is 4.79 Å². The fourth-order valence-corrected chi connectivity index (χ4v) is 5.94. The number of likely N-dealkylation sites (tertiary alicyclic amines) is 1. The van der Waals surface area contributed by atoms with Crippen LogP contribution in [0.4, 0.5) is 10.8 Å². The second kappa shape index (κ2) is 8.61. The number of carbonyl (C=O) groups is 1. The molecule has 0 bridgehead atoms. The normalized spacial score (nSPS) is 22.3. The van der Waals surface area contributed by atoms with Crippen LogP contribution in [-0.4, -0.2) is 39.3 Å². The monoisotopic (exact) mass is 402 g/mol. The summed E-state index contributed by atoms with van der Waals surface area (Å²) in [4.78, 5) is 15.0. The van der Waals surface area contributed by atoms with Crippen molar-refractivity contribution < 1.29 is 4.79 Å². The first kappa shape index (κ1) is 18.7. The molecule has 1 saturated heterocycles. The van der Waals surface area contributed by atoms with E-state index >= 15 is 0 Å². The Labute approximate surface area is 168 Å². The largest absolute Gasteiger partial charge is 0.339 e. The molecule has 144 valence electrons. The number of amides is 1. The lowest BCUT2D eigenvalue weighted by Crippen LogP contribution is -2.50. The predicted molar refractivity (Wildman–Crippen MR) is 112 cm³/mol. The molecule has 4 rings (SSSR count). The van der Waals surface area contributed by atoms with Crippen molar-refractivity contribution in [3.8, 4) is 0 Å². The highest BCUT2D eigenvalue weighted by Crippen LogP contribution is 2.36. The standard InChI is InChI=1S/C20H26N4OS2/c1-14-7-2-4-10-16(14)21-19-22-23-20(27-19)26-13-18(25)24-12-6-9-15-8-3-5-11-17(15)24/h2,4,7,10,15,17H,3,5-6,8-9,11-13H2,1H3,(H,21,22)/t15-,17-/m0/s1. The van der Waals surface area contributed by atoms with Gasteiger partial charge < -0.3 is 10.2 Å². The summed E-state index contributed by atoms with van der Waals surface area (Å²) >= 11 is 3.02. The molecule has 2 aliphatic rings. The first-order chi connectivity index (χ1) is 13.2. The number of anilines is 2. The molecule has 27 heavy (non-hydrogen) atoms. The van der Waals surface area contributed by atoms with Crippen molar-refractivity contribution in [1.29, 1.82) is 0 Å². The summed E-state index contributed by atoms with van der Waals surface area (Å²) in [6.45, 7) is 2.99. The molecule has 1 saturated carbocycles. The van der Waals surface area contributed by atoms with E-state index in [1.54, 1.807) is 0 Å². The number of rotatable bonds is 5. The SMILES string of the molecule is Cc1ccccc1Nc1nnc(SCC(=O)N2CCC[C@@H]3CCCC[C@@H]32)s1. The van der Waals surface area contributed by atoms with Gasteiger partial charge in [0.15, 0.2) is 4.34 Å². The maximum absolute atomic E-state index is 12.8. The molecule has 5 nitrogen and oxygen atoms in total. The Bertz CT molecular complexity index is 792. The zero-order valence-electron chi connectivity index (χ0n) is 15.7. The molecule has 1 N–H and O–H groups in total. The molecular weight excluding hydrogens is 376 g/mol. The molecule has 7 heteroatoms. The van der Waals surface area contributed by atoms with Gasteiger partial charge in [-0.25, -0.2) is 0 Å². The molecule has 2 heterocycles. The quantitative estimate of drug-likeness (QED) is 0.724. The Hall–Kier alpha value is -1.60. The lowest BCUT2D eigenvalue weighted by atomic mass is 9.78. The van der Waals surface area contributed by atoms with Gasteiger partial charge in [0.1, 0.15) is 0 Å². The zero-order valence-corrected chi connectivity index (χ0v) is 17.3. The third kappa shape index (κ3) is 4.46. The number of nitrogens with one attached hydrogen (secondary N) is 1. The Morgan fingerprint density at radius 3 is 2.93 bits per heavy atom. The van der Waals surface area contributed by atoms with Crippen molar-refractivity contribution in [3.05, 3.63) is 29.8 Å². The van der Waals surface area contributed by atoms with Crippen LogP contribution in [0, 0.1) is 12.8 Å². The topological polar surface area (TPSA) is 58.1 Å². The summed E-state index contributed by atoms with van der Waals surface area (Å²) in [6.07, 6.45) is 7.53. The smallest absolute Gasteiger partial charge is 0.233 e. The minimum atomic E-state index is 0.264. The van der Waals surface area contributed by atoms with Crippen molar-refractivity contribution in [1.82, 2.24) is 15.1 Å². The zero-order chi connectivity index (χ0) is 18.6. The summed E-state index contributed by atoms with van der Waals surface area (Å²) in [5.74, 6) is 1.45. The number of benzene rings is 1. The van der Waals surface area contributed by atoms with Crippen molar-refractivity contribution in [2.45, 2.75) is 55.8 Å². The summed E-state index contributed by atoms with van der Waals surface area (Å²) in [5, 5.41) is 12.5. The average Bonchev–Trinajstić information content (AvgIpc) is 3.15. The van der Waals surface area contributed by atoms with E-state index in [0.29, 0.717) is 11.8 Å². The number of aromatic nitrogens is 2. The number of hydrogen-bond donors (Lipinski definition) is 1. The molecule has 2 aromatic rings. The third-order valence-electron chi connectivity index (χ3n) is 5.68. The van der Waals surface area contributed by atoms with Crippen LogP contribution in [0.5, 0.6) is 0 Å². The Balaban J connectivity index is 1.33. The summed E-state index contributed by atoms with van der Waals surface area (Å²) < 4.78 is 0.844. The van der Waals surface area contributed by atoms with Crippen molar-refractivity contribution in [3.63, 3.8) is 0 Å². The number of para-hydroxylation sites is 1. The number of thioether (sulfide) groups is 1. The van der Waals surface area contributed by atoms with Crippen LogP contribution < -0.4 is 5.32 Å². The van der Waals surface area contributed by atoms with Crippen LogP contribution in [0.25, 0.3) is 0 Å². The molecular formula is C20H26N4OS2. The van der Waals surface area contributed by atoms with E-state index in [4.69, 9.17) is 0 Å². The molecule has 1 aromatic carbocycles. The predicted octanol–water partition coefficient (Wildman–Crippen LogP) is 4.86. The van der Waals surface area contributed by atoms with Crippen LogP contribution in [0.2, 0.25) is 0 Å². The van der Waals surface area contributed by atoms with Gasteiger partial charge in [0.05, 0.1) is 5.75 Å². The molecule has 1 aliphatic heterocycles. The summed E-state index contributed by atoms with van der Waals surface area (Å²) in [7, 11) is 0. The second-order valence-electron chi connectivity index (χ2n) is 7.44. The fraction of sp³-hybridized carbons (Fsp3) is 0.550. The minimum absolute atomic E-state index is 0.264. The van der Waals surface area contributed by atoms with Crippen LogP contribution >= 0.6 is 23.1 Å². The van der Waals surface area contributed by atoms with Gasteiger partial charge in [-0.1, -0.05) is 54.1 Å². The lowest BCUT2D eigenvalue weighted by Gasteiger charge is -2.44. The van der Waals surface area contributed by atoms with Gasteiger partial charge in [0.25, 0.3) is 0 Å². The van der Waals surface area contributed by atoms with Crippen LogP contribution in [0.15, 0.2) is 28.6 Å². The minimum Gasteiger partial charge on any atom is -0.339 e. The Morgan fingerprint density at radius 2 is 2.04 bits per heavy atom. The van der Waals surface area contributed by atoms with E-state index in [1.165, 1.54) is 60.8 Å².